The summed E-state index contributed by atoms with van der Waals surface area (Å²) in [6.45, 7) is 6.54. The summed E-state index contributed by atoms with van der Waals surface area (Å²) in [7, 11) is -0.975. The van der Waals surface area contributed by atoms with Crippen LogP contribution in [0.5, 0.6) is 0 Å². The van der Waals surface area contributed by atoms with Gasteiger partial charge in [-0.15, -0.1) is 0 Å². The van der Waals surface area contributed by atoms with Gasteiger partial charge in [-0.3, -0.25) is 4.21 Å². The molecule has 0 aliphatic carbocycles. The van der Waals surface area contributed by atoms with Crippen LogP contribution in [-0.2, 0) is 16.6 Å². The Morgan fingerprint density at radius 3 is 2.83 bits per heavy atom. The van der Waals surface area contributed by atoms with E-state index in [4.69, 9.17) is 0 Å². The van der Waals surface area contributed by atoms with Gasteiger partial charge >= 0.3 is 6.03 Å². The van der Waals surface area contributed by atoms with Crippen LogP contribution >= 0.6 is 0 Å². The highest BCUT2D eigenvalue weighted by atomic mass is 32.2. The lowest BCUT2D eigenvalue weighted by atomic mass is 10.2. The van der Waals surface area contributed by atoms with Crippen molar-refractivity contribution in [3.63, 3.8) is 0 Å². The van der Waals surface area contributed by atoms with E-state index in [9.17, 15) is 14.1 Å². The summed E-state index contributed by atoms with van der Waals surface area (Å²) >= 11 is 0. The first-order valence-electron chi connectivity index (χ1n) is 7.97. The van der Waals surface area contributed by atoms with E-state index in [0.29, 0.717) is 18.0 Å². The van der Waals surface area contributed by atoms with Crippen molar-refractivity contribution in [3.8, 4) is 0 Å². The van der Waals surface area contributed by atoms with Crippen LogP contribution in [0.2, 0.25) is 0 Å². The molecule has 1 heterocycles. The fourth-order valence-electron chi connectivity index (χ4n) is 2.59. The topological polar surface area (TPSA) is 69.6 Å². The second-order valence-corrected chi connectivity index (χ2v) is 9.11. The molecule has 1 unspecified atom stereocenters. The van der Waals surface area contributed by atoms with Gasteiger partial charge in [0, 0.05) is 33.5 Å². The first-order chi connectivity index (χ1) is 10.8. The zero-order chi connectivity index (χ0) is 17.0. The van der Waals surface area contributed by atoms with Gasteiger partial charge in [0.25, 0.3) is 0 Å². The smallest absolute Gasteiger partial charge is 0.322 e. The van der Waals surface area contributed by atoms with Crippen LogP contribution < -0.4 is 5.32 Å². The Kier molecular flexibility index (Phi) is 5.81. The molecular formula is C17H26N2O3S. The van der Waals surface area contributed by atoms with Gasteiger partial charge in [-0.1, -0.05) is 12.1 Å². The molecule has 2 N–H and O–H groups in total. The standard InChI is InChI=1S/C17H26N2O3S/c1-17(2,3)23(22)12-13-6-4-7-14(10-13)18-16(21)19-9-5-8-15(19)11-20/h4,6-7,10,15,20H,5,8-9,11-12H2,1-3H3,(H,18,21)/t15-,23?/m0/s1. The van der Waals surface area contributed by atoms with Crippen LogP contribution in [0, 0.1) is 0 Å². The van der Waals surface area contributed by atoms with Crippen molar-refractivity contribution in [1.82, 2.24) is 4.90 Å². The van der Waals surface area contributed by atoms with E-state index in [2.05, 4.69) is 5.32 Å². The minimum Gasteiger partial charge on any atom is -0.394 e. The normalized spacial score (nSPS) is 19.7. The molecule has 0 spiro atoms. The van der Waals surface area contributed by atoms with Gasteiger partial charge in [0.15, 0.2) is 0 Å². The minimum atomic E-state index is -0.975. The van der Waals surface area contributed by atoms with E-state index in [1.165, 1.54) is 0 Å². The van der Waals surface area contributed by atoms with Gasteiger partial charge in [-0.2, -0.15) is 0 Å². The molecule has 1 fully saturated rings. The lowest BCUT2D eigenvalue weighted by molar-refractivity contribution is 0.166. The Morgan fingerprint density at radius 2 is 2.17 bits per heavy atom. The largest absolute Gasteiger partial charge is 0.394 e. The summed E-state index contributed by atoms with van der Waals surface area (Å²) in [6.07, 6.45) is 1.76. The zero-order valence-electron chi connectivity index (χ0n) is 14.0. The molecule has 2 atom stereocenters. The number of aliphatic hydroxyl groups excluding tert-OH is 1. The molecule has 1 aliphatic heterocycles. The molecule has 5 nitrogen and oxygen atoms in total. The summed E-state index contributed by atoms with van der Waals surface area (Å²) in [4.78, 5) is 14.0. The molecule has 1 aliphatic rings. The summed E-state index contributed by atoms with van der Waals surface area (Å²) in [5.74, 6) is 0.468. The highest BCUT2D eigenvalue weighted by Gasteiger charge is 2.28. The molecule has 1 aromatic rings. The number of rotatable bonds is 4. The lowest BCUT2D eigenvalue weighted by Crippen LogP contribution is -2.40. The molecule has 128 valence electrons. The Bertz CT molecular complexity index is 583. The maximum atomic E-state index is 12.3. The van der Waals surface area contributed by atoms with Crippen molar-refractivity contribution in [2.45, 2.75) is 50.2 Å². The van der Waals surface area contributed by atoms with Crippen molar-refractivity contribution < 1.29 is 14.1 Å². The van der Waals surface area contributed by atoms with Crippen molar-refractivity contribution in [2.75, 3.05) is 18.5 Å². The monoisotopic (exact) mass is 338 g/mol. The minimum absolute atomic E-state index is 0.00196. The summed E-state index contributed by atoms with van der Waals surface area (Å²) in [5, 5.41) is 12.2. The van der Waals surface area contributed by atoms with E-state index in [1.54, 1.807) is 4.90 Å². The second kappa shape index (κ2) is 7.45. The van der Waals surface area contributed by atoms with Crippen LogP contribution in [0.4, 0.5) is 10.5 Å². The lowest BCUT2D eigenvalue weighted by Gasteiger charge is -2.23. The summed E-state index contributed by atoms with van der Waals surface area (Å²) in [6, 6.07) is 7.20. The number of nitrogens with one attached hydrogen (secondary N) is 1. The third-order valence-corrected chi connectivity index (χ3v) is 5.97. The SMILES string of the molecule is CC(C)(C)S(=O)Cc1cccc(NC(=O)N2CCC[C@H]2CO)c1. The van der Waals surface area contributed by atoms with Crippen molar-refractivity contribution in [1.29, 1.82) is 0 Å². The van der Waals surface area contributed by atoms with E-state index in [0.717, 1.165) is 18.4 Å². The highest BCUT2D eigenvalue weighted by molar-refractivity contribution is 7.85. The number of hydrogen-bond donors (Lipinski definition) is 2. The highest BCUT2D eigenvalue weighted by Crippen LogP contribution is 2.21. The third-order valence-electron chi connectivity index (χ3n) is 4.01. The average Bonchev–Trinajstić information content (AvgIpc) is 2.95. The first kappa shape index (κ1) is 17.9. The molecular weight excluding hydrogens is 312 g/mol. The fourth-order valence-corrected chi connectivity index (χ4v) is 3.51. The fraction of sp³-hybridized carbons (Fsp3) is 0.588. The Hall–Kier alpha value is -1.40. The van der Waals surface area contributed by atoms with Gasteiger partial charge in [0.1, 0.15) is 0 Å². The van der Waals surface area contributed by atoms with Gasteiger partial charge in [0.2, 0.25) is 0 Å². The average molecular weight is 338 g/mol. The Balaban J connectivity index is 2.02. The van der Waals surface area contributed by atoms with E-state index in [-0.39, 0.29) is 23.4 Å². The Morgan fingerprint density at radius 1 is 1.43 bits per heavy atom. The van der Waals surface area contributed by atoms with Crippen LogP contribution in [0.3, 0.4) is 0 Å². The number of nitrogens with zero attached hydrogens (tertiary/aromatic N) is 1. The summed E-state index contributed by atoms with van der Waals surface area (Å²) < 4.78 is 12.0. The number of likely N-dealkylation sites (tertiary alicyclic amines) is 1. The number of amides is 2. The molecule has 0 saturated carbocycles. The van der Waals surface area contributed by atoms with Gasteiger partial charge < -0.3 is 15.3 Å². The second-order valence-electron chi connectivity index (χ2n) is 6.90. The van der Waals surface area contributed by atoms with Crippen molar-refractivity contribution >= 4 is 22.5 Å². The molecule has 6 heteroatoms. The van der Waals surface area contributed by atoms with E-state index < -0.39 is 10.8 Å². The van der Waals surface area contributed by atoms with Gasteiger partial charge in [-0.05, 0) is 51.3 Å². The number of hydrogen-bond acceptors (Lipinski definition) is 3. The van der Waals surface area contributed by atoms with Crippen LogP contribution in [0.25, 0.3) is 0 Å². The van der Waals surface area contributed by atoms with Gasteiger partial charge in [0.05, 0.1) is 12.6 Å². The number of carbonyl (C=O) groups is 1. The molecule has 2 amide bonds. The third kappa shape index (κ3) is 4.78. The molecule has 23 heavy (non-hydrogen) atoms. The molecule has 0 aromatic heterocycles. The molecule has 0 radical (unpaired) electrons. The number of benzene rings is 1. The molecule has 2 rings (SSSR count). The van der Waals surface area contributed by atoms with Crippen molar-refractivity contribution in [3.05, 3.63) is 29.8 Å². The van der Waals surface area contributed by atoms with Crippen LogP contribution in [0.15, 0.2) is 24.3 Å². The quantitative estimate of drug-likeness (QED) is 0.887. The zero-order valence-corrected chi connectivity index (χ0v) is 14.9. The maximum Gasteiger partial charge on any atom is 0.322 e. The number of anilines is 1. The van der Waals surface area contributed by atoms with E-state index >= 15 is 0 Å². The summed E-state index contributed by atoms with van der Waals surface area (Å²) in [5.41, 5.74) is 1.64. The molecule has 1 aromatic carbocycles. The van der Waals surface area contributed by atoms with Crippen LogP contribution in [0.1, 0.15) is 39.2 Å². The number of urea groups is 1. The first-order valence-corrected chi connectivity index (χ1v) is 9.29. The number of carbonyl (C=O) groups excluding carboxylic acids is 1. The predicted octanol–water partition coefficient (Wildman–Crippen LogP) is 2.72. The Labute approximate surface area is 140 Å². The molecule has 1 saturated heterocycles. The molecule has 0 bridgehead atoms. The predicted molar refractivity (Wildman–Crippen MR) is 93.9 cm³/mol. The van der Waals surface area contributed by atoms with E-state index in [1.807, 2.05) is 45.0 Å². The van der Waals surface area contributed by atoms with Crippen molar-refractivity contribution in [2.24, 2.45) is 0 Å². The number of aliphatic hydroxyl groups is 1. The van der Waals surface area contributed by atoms with Crippen LogP contribution in [-0.4, -0.2) is 44.2 Å². The van der Waals surface area contributed by atoms with Gasteiger partial charge in [-0.25, -0.2) is 4.79 Å². The maximum absolute atomic E-state index is 12.3.